The van der Waals surface area contributed by atoms with Crippen molar-refractivity contribution in [3.05, 3.63) is 75.9 Å². The van der Waals surface area contributed by atoms with Crippen LogP contribution in [0, 0.1) is 11.3 Å². The number of nitrogens with zero attached hydrogens (tertiary/aromatic N) is 1. The van der Waals surface area contributed by atoms with Crippen molar-refractivity contribution in [3.63, 3.8) is 0 Å². The molecule has 0 saturated carbocycles. The molecule has 1 amide bonds. The first kappa shape index (κ1) is 22.7. The van der Waals surface area contributed by atoms with Gasteiger partial charge in [-0.25, -0.2) is 0 Å². The number of thioether (sulfide) groups is 1. The molecule has 2 heterocycles. The number of benzene rings is 1. The molecule has 33 heavy (non-hydrogen) atoms. The van der Waals surface area contributed by atoms with Crippen LogP contribution in [0.4, 0.5) is 18.9 Å². The van der Waals surface area contributed by atoms with Gasteiger partial charge in [-0.1, -0.05) is 23.9 Å². The monoisotopic (exact) mass is 473 g/mol. The summed E-state index contributed by atoms with van der Waals surface area (Å²) >= 11 is 0.994. The molecule has 2 N–H and O–H groups in total. The Bertz CT molecular complexity index is 1190. The Morgan fingerprint density at radius 1 is 1.24 bits per heavy atom. The summed E-state index contributed by atoms with van der Waals surface area (Å²) in [4.78, 5) is 25.1. The molecule has 1 aromatic heterocycles. The van der Waals surface area contributed by atoms with Gasteiger partial charge in [0.05, 0.1) is 45.9 Å². The first-order valence-corrected chi connectivity index (χ1v) is 11.1. The van der Waals surface area contributed by atoms with Gasteiger partial charge in [0, 0.05) is 17.7 Å². The van der Waals surface area contributed by atoms with Crippen molar-refractivity contribution < 1.29 is 27.2 Å². The number of amides is 1. The van der Waals surface area contributed by atoms with Gasteiger partial charge in [0.1, 0.15) is 5.76 Å². The fourth-order valence-corrected chi connectivity index (χ4v) is 4.80. The molecule has 1 aromatic carbocycles. The van der Waals surface area contributed by atoms with Crippen LogP contribution in [0.1, 0.15) is 36.5 Å². The average Bonchev–Trinajstić information content (AvgIpc) is 3.31. The number of nitrogens with one attached hydrogen (secondary N) is 2. The number of furan rings is 1. The lowest BCUT2D eigenvalue weighted by Gasteiger charge is -2.32. The molecule has 0 fully saturated rings. The highest BCUT2D eigenvalue weighted by Crippen LogP contribution is 2.44. The Kier molecular flexibility index (Phi) is 6.33. The Morgan fingerprint density at radius 2 is 2.03 bits per heavy atom. The third-order valence-corrected chi connectivity index (χ3v) is 6.36. The minimum absolute atomic E-state index is 0.0662. The highest BCUT2D eigenvalue weighted by atomic mass is 32.2. The van der Waals surface area contributed by atoms with Crippen LogP contribution in [0.15, 0.2) is 69.0 Å². The summed E-state index contributed by atoms with van der Waals surface area (Å²) in [6.07, 6.45) is -1.51. The smallest absolute Gasteiger partial charge is 0.418 e. The molecule has 0 saturated heterocycles. The second-order valence-corrected chi connectivity index (χ2v) is 8.46. The number of nitriles is 1. The van der Waals surface area contributed by atoms with Crippen molar-refractivity contribution in [2.24, 2.45) is 0 Å². The number of rotatable bonds is 5. The molecule has 1 atom stereocenters. The maximum absolute atomic E-state index is 13.2. The summed E-state index contributed by atoms with van der Waals surface area (Å²) in [7, 11) is 0. The van der Waals surface area contributed by atoms with E-state index in [4.69, 9.17) is 4.42 Å². The predicted octanol–water partition coefficient (Wildman–Crippen LogP) is 5.10. The summed E-state index contributed by atoms with van der Waals surface area (Å²) in [6.45, 7) is 0. The van der Waals surface area contributed by atoms with Gasteiger partial charge in [0.15, 0.2) is 5.78 Å². The van der Waals surface area contributed by atoms with E-state index in [0.717, 1.165) is 17.8 Å². The fraction of sp³-hybridized carbons (Fsp3) is 0.261. The molecule has 0 radical (unpaired) electrons. The number of ketones is 1. The van der Waals surface area contributed by atoms with E-state index < -0.39 is 23.6 Å². The number of para-hydroxylation sites is 1. The van der Waals surface area contributed by atoms with Crippen molar-refractivity contribution in [2.45, 2.75) is 31.4 Å². The van der Waals surface area contributed by atoms with Gasteiger partial charge in [-0.15, -0.1) is 0 Å². The zero-order valence-corrected chi connectivity index (χ0v) is 18.0. The number of allylic oxidation sites excluding steroid dienone is 3. The lowest BCUT2D eigenvalue weighted by molar-refractivity contribution is -0.137. The largest absolute Gasteiger partial charge is 0.468 e. The second kappa shape index (κ2) is 9.19. The minimum Gasteiger partial charge on any atom is -0.468 e. The van der Waals surface area contributed by atoms with E-state index >= 15 is 0 Å². The SMILES string of the molecule is N#CC1=C(SCC(=O)Nc2ccccc2C(F)(F)F)NC2=C(C(=O)CCC2)[C@@H]1c1ccco1. The molecule has 0 bridgehead atoms. The summed E-state index contributed by atoms with van der Waals surface area (Å²) in [5, 5.41) is 15.7. The number of carbonyl (C=O) groups excluding carboxylic acids is 2. The highest BCUT2D eigenvalue weighted by molar-refractivity contribution is 8.03. The number of dihydropyridines is 1. The highest BCUT2D eigenvalue weighted by Gasteiger charge is 2.38. The van der Waals surface area contributed by atoms with Crippen LogP contribution in [0.2, 0.25) is 0 Å². The van der Waals surface area contributed by atoms with E-state index in [1.54, 1.807) is 12.1 Å². The van der Waals surface area contributed by atoms with Crippen LogP contribution in [0.5, 0.6) is 0 Å². The van der Waals surface area contributed by atoms with Gasteiger partial charge in [-0.05, 0) is 37.1 Å². The zero-order chi connectivity index (χ0) is 23.6. The molecule has 4 rings (SSSR count). The number of carbonyl (C=O) groups is 2. The van der Waals surface area contributed by atoms with Crippen molar-refractivity contribution >= 4 is 29.1 Å². The third-order valence-electron chi connectivity index (χ3n) is 5.34. The molecule has 0 spiro atoms. The third kappa shape index (κ3) is 4.68. The molecular formula is C23H18F3N3O3S. The number of hydrogen-bond donors (Lipinski definition) is 2. The van der Waals surface area contributed by atoms with Crippen LogP contribution in [-0.2, 0) is 15.8 Å². The van der Waals surface area contributed by atoms with Crippen LogP contribution in [-0.4, -0.2) is 17.4 Å². The van der Waals surface area contributed by atoms with Crippen LogP contribution >= 0.6 is 11.8 Å². The first-order chi connectivity index (χ1) is 15.8. The predicted molar refractivity (Wildman–Crippen MR) is 116 cm³/mol. The lowest BCUT2D eigenvalue weighted by atomic mass is 9.79. The Morgan fingerprint density at radius 3 is 2.73 bits per heavy atom. The standard InChI is InChI=1S/C23H18F3N3O3S/c24-23(25,26)14-5-1-2-6-15(14)28-19(31)12-33-22-13(11-27)20(18-9-4-10-32-18)21-16(29-22)7-3-8-17(21)30/h1-2,4-6,9-10,20,29H,3,7-8,12H2,(H,28,31)/t20-/m0/s1. The maximum atomic E-state index is 13.2. The number of alkyl halides is 3. The minimum atomic E-state index is -4.61. The van der Waals surface area contributed by atoms with Crippen molar-refractivity contribution in [1.82, 2.24) is 5.32 Å². The molecule has 2 aliphatic rings. The zero-order valence-electron chi connectivity index (χ0n) is 17.2. The summed E-state index contributed by atoms with van der Waals surface area (Å²) in [5.41, 5.74) is 0.118. The van der Waals surface area contributed by atoms with E-state index in [0.29, 0.717) is 41.3 Å². The Balaban J connectivity index is 1.57. The molecule has 1 aliphatic heterocycles. The van der Waals surface area contributed by atoms with Crippen LogP contribution in [0.3, 0.4) is 0 Å². The van der Waals surface area contributed by atoms with Crippen molar-refractivity contribution in [2.75, 3.05) is 11.1 Å². The number of Topliss-reactive ketones (excluding diaryl/α,β-unsaturated/α-hetero) is 1. The molecular weight excluding hydrogens is 455 g/mol. The topological polar surface area (TPSA) is 95.1 Å². The maximum Gasteiger partial charge on any atom is 0.418 e. The first-order valence-electron chi connectivity index (χ1n) is 10.1. The normalized spacial score (nSPS) is 18.5. The van der Waals surface area contributed by atoms with E-state index in [1.165, 1.54) is 24.5 Å². The summed E-state index contributed by atoms with van der Waals surface area (Å²) in [6, 6.07) is 10.2. The van der Waals surface area contributed by atoms with E-state index in [9.17, 15) is 28.0 Å². The number of anilines is 1. The lowest BCUT2D eigenvalue weighted by Crippen LogP contribution is -2.31. The van der Waals surface area contributed by atoms with Crippen molar-refractivity contribution in [3.8, 4) is 6.07 Å². The average molecular weight is 473 g/mol. The molecule has 10 heteroatoms. The van der Waals surface area contributed by atoms with Gasteiger partial charge in [0.25, 0.3) is 0 Å². The van der Waals surface area contributed by atoms with E-state index in [-0.39, 0.29) is 22.8 Å². The van der Waals surface area contributed by atoms with Gasteiger partial charge in [-0.3, -0.25) is 9.59 Å². The quantitative estimate of drug-likeness (QED) is 0.628. The van der Waals surface area contributed by atoms with Crippen LogP contribution < -0.4 is 10.6 Å². The second-order valence-electron chi connectivity index (χ2n) is 7.48. The Hall–Kier alpha value is -3.45. The number of hydrogen-bond acceptors (Lipinski definition) is 6. The van der Waals surface area contributed by atoms with E-state index in [1.807, 2.05) is 0 Å². The van der Waals surface area contributed by atoms with Crippen LogP contribution in [0.25, 0.3) is 0 Å². The van der Waals surface area contributed by atoms with Crippen molar-refractivity contribution in [1.29, 1.82) is 5.26 Å². The molecule has 1 aliphatic carbocycles. The number of halogens is 3. The van der Waals surface area contributed by atoms with Gasteiger partial charge >= 0.3 is 6.18 Å². The fourth-order valence-electron chi connectivity index (χ4n) is 3.94. The van der Waals surface area contributed by atoms with Gasteiger partial charge in [0.2, 0.25) is 5.91 Å². The molecule has 0 unspecified atom stereocenters. The molecule has 2 aromatic rings. The van der Waals surface area contributed by atoms with Gasteiger partial charge in [-0.2, -0.15) is 18.4 Å². The van der Waals surface area contributed by atoms with Gasteiger partial charge < -0.3 is 15.1 Å². The summed E-state index contributed by atoms with van der Waals surface area (Å²) < 4.78 is 45.1. The molecule has 6 nitrogen and oxygen atoms in total. The molecule has 170 valence electrons. The Labute approximate surface area is 191 Å². The van der Waals surface area contributed by atoms with E-state index in [2.05, 4.69) is 16.7 Å². The summed E-state index contributed by atoms with van der Waals surface area (Å²) in [5.74, 6) is -1.20.